The minimum atomic E-state index is -0.364. The molecule has 4 nitrogen and oxygen atoms in total. The molecule has 0 aliphatic carbocycles. The number of halogens is 1. The van der Waals surface area contributed by atoms with E-state index in [1.807, 2.05) is 32.7 Å². The first-order valence-corrected chi connectivity index (χ1v) is 10.4. The second-order valence-electron chi connectivity index (χ2n) is 7.54. The second kappa shape index (κ2) is 7.43. The molecule has 2 saturated heterocycles. The standard InChI is InChI=1S/C21H23FN2O2S/c22-18-4-1-3-16(13-18)14-24-9-2-6-21(20(24)26)7-10-23(11-8-21)19(25)17-5-12-27-15-17/h1,3-5,12-13,15H,2,6-11,14H2. The molecule has 1 spiro atoms. The van der Waals surface area contributed by atoms with Crippen molar-refractivity contribution in [2.24, 2.45) is 5.41 Å². The predicted molar refractivity (Wildman–Crippen MR) is 103 cm³/mol. The first kappa shape index (κ1) is 18.2. The number of thiophene rings is 1. The molecule has 2 aliphatic rings. The SMILES string of the molecule is O=C(c1ccsc1)N1CCC2(CCCN(Cc3cccc(F)c3)C2=O)CC1. The van der Waals surface area contributed by atoms with E-state index in [1.54, 1.807) is 6.07 Å². The average Bonchev–Trinajstić information content (AvgIpc) is 3.21. The molecule has 2 fully saturated rings. The van der Waals surface area contributed by atoms with Gasteiger partial charge in [0.25, 0.3) is 5.91 Å². The Morgan fingerprint density at radius 3 is 2.67 bits per heavy atom. The molecule has 0 radical (unpaired) electrons. The molecule has 0 saturated carbocycles. The van der Waals surface area contributed by atoms with E-state index in [0.717, 1.165) is 24.0 Å². The monoisotopic (exact) mass is 386 g/mol. The first-order valence-electron chi connectivity index (χ1n) is 9.43. The van der Waals surface area contributed by atoms with Gasteiger partial charge in [-0.1, -0.05) is 12.1 Å². The minimum Gasteiger partial charge on any atom is -0.339 e. The van der Waals surface area contributed by atoms with Crippen LogP contribution in [0.1, 0.15) is 41.6 Å². The fourth-order valence-electron chi connectivity index (χ4n) is 4.33. The Labute approximate surface area is 162 Å². The molecule has 4 rings (SSSR count). The van der Waals surface area contributed by atoms with Gasteiger partial charge in [-0.3, -0.25) is 9.59 Å². The largest absolute Gasteiger partial charge is 0.339 e. The summed E-state index contributed by atoms with van der Waals surface area (Å²) >= 11 is 1.52. The van der Waals surface area contributed by atoms with E-state index in [2.05, 4.69) is 0 Å². The van der Waals surface area contributed by atoms with Crippen molar-refractivity contribution < 1.29 is 14.0 Å². The van der Waals surface area contributed by atoms with Crippen LogP contribution in [0.5, 0.6) is 0 Å². The van der Waals surface area contributed by atoms with Crippen molar-refractivity contribution in [2.45, 2.75) is 32.2 Å². The lowest BCUT2D eigenvalue weighted by Gasteiger charge is -2.46. The van der Waals surface area contributed by atoms with Gasteiger partial charge < -0.3 is 9.80 Å². The maximum atomic E-state index is 13.5. The molecule has 1 aromatic carbocycles. The van der Waals surface area contributed by atoms with Crippen molar-refractivity contribution >= 4 is 23.2 Å². The lowest BCUT2D eigenvalue weighted by molar-refractivity contribution is -0.150. The van der Waals surface area contributed by atoms with Gasteiger partial charge in [-0.25, -0.2) is 4.39 Å². The Kier molecular flexibility index (Phi) is 5.00. The van der Waals surface area contributed by atoms with Gasteiger partial charge in [0.1, 0.15) is 5.82 Å². The Morgan fingerprint density at radius 1 is 1.15 bits per heavy atom. The third-order valence-electron chi connectivity index (χ3n) is 5.86. The molecular formula is C21H23FN2O2S. The molecule has 142 valence electrons. The van der Waals surface area contributed by atoms with Crippen LogP contribution >= 0.6 is 11.3 Å². The summed E-state index contributed by atoms with van der Waals surface area (Å²) in [5, 5.41) is 3.78. The quantitative estimate of drug-likeness (QED) is 0.802. The average molecular weight is 386 g/mol. The lowest BCUT2D eigenvalue weighted by atomic mass is 9.71. The van der Waals surface area contributed by atoms with Crippen molar-refractivity contribution in [3.05, 3.63) is 58.0 Å². The Hall–Kier alpha value is -2.21. The summed E-state index contributed by atoms with van der Waals surface area (Å²) in [6, 6.07) is 8.31. The summed E-state index contributed by atoms with van der Waals surface area (Å²) in [6.45, 7) is 2.41. The highest BCUT2D eigenvalue weighted by atomic mass is 32.1. The van der Waals surface area contributed by atoms with Gasteiger partial charge in [0.15, 0.2) is 0 Å². The van der Waals surface area contributed by atoms with Crippen LogP contribution < -0.4 is 0 Å². The summed E-state index contributed by atoms with van der Waals surface area (Å²) < 4.78 is 13.5. The summed E-state index contributed by atoms with van der Waals surface area (Å²) in [4.78, 5) is 29.5. The molecule has 27 heavy (non-hydrogen) atoms. The van der Waals surface area contributed by atoms with Crippen LogP contribution in [0.2, 0.25) is 0 Å². The minimum absolute atomic E-state index is 0.0611. The molecule has 1 aromatic heterocycles. The summed E-state index contributed by atoms with van der Waals surface area (Å²) in [5.41, 5.74) is 1.20. The molecule has 0 N–H and O–H groups in total. The van der Waals surface area contributed by atoms with Crippen LogP contribution in [-0.2, 0) is 11.3 Å². The molecule has 3 heterocycles. The van der Waals surface area contributed by atoms with Crippen molar-refractivity contribution in [1.29, 1.82) is 0 Å². The summed E-state index contributed by atoms with van der Waals surface area (Å²) in [5.74, 6) is -0.0430. The van der Waals surface area contributed by atoms with Crippen molar-refractivity contribution in [2.75, 3.05) is 19.6 Å². The van der Waals surface area contributed by atoms with Crippen molar-refractivity contribution in [3.63, 3.8) is 0 Å². The zero-order chi connectivity index (χ0) is 18.9. The number of benzene rings is 1. The molecule has 0 unspecified atom stereocenters. The number of rotatable bonds is 3. The Balaban J connectivity index is 1.43. The molecule has 0 atom stereocenters. The Bertz CT molecular complexity index is 828. The van der Waals surface area contributed by atoms with Crippen LogP contribution in [-0.4, -0.2) is 41.2 Å². The zero-order valence-corrected chi connectivity index (χ0v) is 16.0. The summed E-state index contributed by atoms with van der Waals surface area (Å²) in [7, 11) is 0. The van der Waals surface area contributed by atoms with Gasteiger partial charge in [0, 0.05) is 31.6 Å². The van der Waals surface area contributed by atoms with Gasteiger partial charge in [-0.05, 0) is 54.8 Å². The smallest absolute Gasteiger partial charge is 0.254 e. The van der Waals surface area contributed by atoms with E-state index >= 15 is 0 Å². The van der Waals surface area contributed by atoms with E-state index in [1.165, 1.54) is 23.5 Å². The van der Waals surface area contributed by atoms with E-state index < -0.39 is 0 Å². The highest BCUT2D eigenvalue weighted by Crippen LogP contribution is 2.41. The zero-order valence-electron chi connectivity index (χ0n) is 15.2. The van der Waals surface area contributed by atoms with Crippen molar-refractivity contribution in [1.82, 2.24) is 9.80 Å². The number of nitrogens with zero attached hydrogens (tertiary/aromatic N) is 2. The highest BCUT2D eigenvalue weighted by Gasteiger charge is 2.46. The van der Waals surface area contributed by atoms with Crippen LogP contribution in [0.25, 0.3) is 0 Å². The third kappa shape index (κ3) is 3.63. The third-order valence-corrected chi connectivity index (χ3v) is 6.55. The molecule has 2 aromatic rings. The normalized spacial score (nSPS) is 19.5. The lowest BCUT2D eigenvalue weighted by Crippen LogP contribution is -2.54. The van der Waals surface area contributed by atoms with E-state index in [9.17, 15) is 14.0 Å². The first-order chi connectivity index (χ1) is 13.1. The van der Waals surface area contributed by atoms with Crippen LogP contribution in [0.3, 0.4) is 0 Å². The number of likely N-dealkylation sites (tertiary alicyclic amines) is 2. The van der Waals surface area contributed by atoms with E-state index in [4.69, 9.17) is 0 Å². The van der Waals surface area contributed by atoms with Crippen LogP contribution in [0, 0.1) is 11.2 Å². The summed E-state index contributed by atoms with van der Waals surface area (Å²) in [6.07, 6.45) is 3.26. The molecule has 6 heteroatoms. The topological polar surface area (TPSA) is 40.6 Å². The fourth-order valence-corrected chi connectivity index (χ4v) is 4.96. The van der Waals surface area contributed by atoms with Gasteiger partial charge in [-0.2, -0.15) is 11.3 Å². The fraction of sp³-hybridized carbons (Fsp3) is 0.429. The van der Waals surface area contributed by atoms with Gasteiger partial charge in [-0.15, -0.1) is 0 Å². The number of amides is 2. The van der Waals surface area contributed by atoms with Crippen LogP contribution in [0.15, 0.2) is 41.1 Å². The van der Waals surface area contributed by atoms with Crippen molar-refractivity contribution in [3.8, 4) is 0 Å². The van der Waals surface area contributed by atoms with Crippen LogP contribution in [0.4, 0.5) is 4.39 Å². The molecule has 2 aliphatic heterocycles. The molecule has 2 amide bonds. The highest BCUT2D eigenvalue weighted by molar-refractivity contribution is 7.08. The molecular weight excluding hydrogens is 363 g/mol. The number of hydrogen-bond acceptors (Lipinski definition) is 3. The van der Waals surface area contributed by atoms with Gasteiger partial charge in [0.2, 0.25) is 5.91 Å². The molecule has 0 bridgehead atoms. The van der Waals surface area contributed by atoms with Gasteiger partial charge >= 0.3 is 0 Å². The van der Waals surface area contributed by atoms with E-state index in [-0.39, 0.29) is 23.0 Å². The Morgan fingerprint density at radius 2 is 1.96 bits per heavy atom. The number of carbonyl (C=O) groups is 2. The van der Waals surface area contributed by atoms with E-state index in [0.29, 0.717) is 39.0 Å². The second-order valence-corrected chi connectivity index (χ2v) is 8.32. The maximum Gasteiger partial charge on any atom is 0.254 e. The maximum absolute atomic E-state index is 13.5. The number of carbonyl (C=O) groups excluding carboxylic acids is 2. The number of hydrogen-bond donors (Lipinski definition) is 0. The predicted octanol–water partition coefficient (Wildman–Crippen LogP) is 3.93. The van der Waals surface area contributed by atoms with Gasteiger partial charge in [0.05, 0.1) is 11.0 Å². The number of piperidine rings is 2.